The lowest BCUT2D eigenvalue weighted by Crippen LogP contribution is -2.45. The molecule has 178 valence electrons. The van der Waals surface area contributed by atoms with Crippen LogP contribution in [0, 0.1) is 0 Å². The lowest BCUT2D eigenvalue weighted by molar-refractivity contribution is -0.153. The molecule has 1 N–H and O–H groups in total. The van der Waals surface area contributed by atoms with Crippen molar-refractivity contribution in [2.45, 2.75) is 33.5 Å². The molecule has 0 aliphatic rings. The smallest absolute Gasteiger partial charge is 0.422 e. The quantitative estimate of drug-likeness (QED) is 0.270. The van der Waals surface area contributed by atoms with Crippen LogP contribution in [0.2, 0.25) is 0 Å². The van der Waals surface area contributed by atoms with Gasteiger partial charge in [0.2, 0.25) is 5.91 Å². The number of hydrogen-bond donors (Lipinski definition) is 1. The van der Waals surface area contributed by atoms with E-state index in [1.54, 1.807) is 29.0 Å². The lowest BCUT2D eigenvalue weighted by Gasteiger charge is -2.25. The number of benzene rings is 1. The van der Waals surface area contributed by atoms with Crippen LogP contribution in [0.15, 0.2) is 23.2 Å². The SMILES string of the molecule is CCNC(=NCc1ccc(OCC(F)(F)F)c(OC)c1)N(C)CC(=O)N(CC)CC.I. The van der Waals surface area contributed by atoms with Gasteiger partial charge in [0.25, 0.3) is 0 Å². The van der Waals surface area contributed by atoms with Crippen molar-refractivity contribution in [1.29, 1.82) is 0 Å². The Morgan fingerprint density at radius 3 is 2.32 bits per heavy atom. The van der Waals surface area contributed by atoms with Crippen molar-refractivity contribution >= 4 is 35.8 Å². The number of nitrogens with zero attached hydrogens (tertiary/aromatic N) is 3. The average Bonchev–Trinajstić information content (AvgIpc) is 2.69. The zero-order chi connectivity index (χ0) is 22.7. The normalized spacial score (nSPS) is 11.4. The molecule has 0 atom stereocenters. The highest BCUT2D eigenvalue weighted by molar-refractivity contribution is 14.0. The van der Waals surface area contributed by atoms with Crippen molar-refractivity contribution in [3.63, 3.8) is 0 Å². The summed E-state index contributed by atoms with van der Waals surface area (Å²) in [5.74, 6) is 0.758. The molecule has 0 radical (unpaired) electrons. The molecule has 0 fully saturated rings. The number of aliphatic imine (C=N–C) groups is 1. The van der Waals surface area contributed by atoms with Gasteiger partial charge < -0.3 is 24.6 Å². The second kappa shape index (κ2) is 14.2. The number of rotatable bonds is 10. The monoisotopic (exact) mass is 560 g/mol. The number of alkyl halides is 3. The molecule has 11 heteroatoms. The van der Waals surface area contributed by atoms with E-state index in [9.17, 15) is 18.0 Å². The van der Waals surface area contributed by atoms with E-state index in [4.69, 9.17) is 9.47 Å². The molecular formula is C20H32F3IN4O3. The van der Waals surface area contributed by atoms with Gasteiger partial charge in [0.15, 0.2) is 24.1 Å². The van der Waals surface area contributed by atoms with E-state index in [-0.39, 0.29) is 54.5 Å². The third kappa shape index (κ3) is 10.3. The maximum atomic E-state index is 12.4. The summed E-state index contributed by atoms with van der Waals surface area (Å²) in [6.45, 7) is 6.71. The molecule has 1 aromatic rings. The van der Waals surface area contributed by atoms with E-state index >= 15 is 0 Å². The summed E-state index contributed by atoms with van der Waals surface area (Å²) >= 11 is 0. The molecule has 0 saturated heterocycles. The van der Waals surface area contributed by atoms with E-state index in [0.717, 1.165) is 5.56 Å². The van der Waals surface area contributed by atoms with E-state index < -0.39 is 12.8 Å². The number of guanidine groups is 1. The molecule has 7 nitrogen and oxygen atoms in total. The Hall–Kier alpha value is -1.92. The highest BCUT2D eigenvalue weighted by atomic mass is 127. The van der Waals surface area contributed by atoms with Crippen LogP contribution in [-0.4, -0.2) is 74.8 Å². The van der Waals surface area contributed by atoms with E-state index in [1.165, 1.54) is 13.2 Å². The number of halogens is 4. The molecule has 0 heterocycles. The average molecular weight is 560 g/mol. The fourth-order valence-electron chi connectivity index (χ4n) is 2.68. The van der Waals surface area contributed by atoms with Gasteiger partial charge in [-0.1, -0.05) is 6.07 Å². The summed E-state index contributed by atoms with van der Waals surface area (Å²) in [5.41, 5.74) is 0.727. The predicted molar refractivity (Wildman–Crippen MR) is 125 cm³/mol. The minimum Gasteiger partial charge on any atom is -0.493 e. The van der Waals surface area contributed by atoms with Crippen molar-refractivity contribution in [2.75, 3.05) is 46.9 Å². The van der Waals surface area contributed by atoms with Gasteiger partial charge in [-0.2, -0.15) is 13.2 Å². The van der Waals surface area contributed by atoms with Crippen molar-refractivity contribution in [3.8, 4) is 11.5 Å². The number of carbonyl (C=O) groups excluding carboxylic acids is 1. The Morgan fingerprint density at radius 2 is 1.81 bits per heavy atom. The summed E-state index contributed by atoms with van der Waals surface area (Å²) in [4.78, 5) is 20.3. The van der Waals surface area contributed by atoms with E-state index in [2.05, 4.69) is 10.3 Å². The Bertz CT molecular complexity index is 713. The van der Waals surface area contributed by atoms with Crippen LogP contribution in [0.25, 0.3) is 0 Å². The Balaban J connectivity index is 0.00000900. The number of carbonyl (C=O) groups is 1. The highest BCUT2D eigenvalue weighted by Gasteiger charge is 2.29. The van der Waals surface area contributed by atoms with Crippen molar-refractivity contribution < 1.29 is 27.4 Å². The zero-order valence-electron chi connectivity index (χ0n) is 18.6. The Kier molecular flexibility index (Phi) is 13.3. The lowest BCUT2D eigenvalue weighted by atomic mass is 10.2. The maximum Gasteiger partial charge on any atom is 0.422 e. The molecule has 0 aromatic heterocycles. The highest BCUT2D eigenvalue weighted by Crippen LogP contribution is 2.30. The molecular weight excluding hydrogens is 528 g/mol. The van der Waals surface area contributed by atoms with Crippen LogP contribution in [0.4, 0.5) is 13.2 Å². The minimum atomic E-state index is -4.43. The van der Waals surface area contributed by atoms with Gasteiger partial charge in [0, 0.05) is 26.7 Å². The largest absolute Gasteiger partial charge is 0.493 e. The number of methoxy groups -OCH3 is 1. The number of nitrogens with one attached hydrogen (secondary N) is 1. The van der Waals surface area contributed by atoms with Crippen molar-refractivity contribution in [3.05, 3.63) is 23.8 Å². The molecule has 1 amide bonds. The summed E-state index contributed by atoms with van der Waals surface area (Å²) in [6, 6.07) is 4.64. The number of likely N-dealkylation sites (N-methyl/N-ethyl adjacent to an activating group) is 2. The molecule has 0 spiro atoms. The zero-order valence-corrected chi connectivity index (χ0v) is 20.9. The van der Waals surface area contributed by atoms with Gasteiger partial charge in [-0.15, -0.1) is 24.0 Å². The third-order valence-electron chi connectivity index (χ3n) is 4.22. The predicted octanol–water partition coefficient (Wildman–Crippen LogP) is 3.52. The van der Waals surface area contributed by atoms with Crippen LogP contribution >= 0.6 is 24.0 Å². The van der Waals surface area contributed by atoms with Gasteiger partial charge in [-0.3, -0.25) is 4.79 Å². The van der Waals surface area contributed by atoms with Crippen molar-refractivity contribution in [2.24, 2.45) is 4.99 Å². The van der Waals surface area contributed by atoms with Crippen LogP contribution in [0.5, 0.6) is 11.5 Å². The molecule has 0 aliphatic carbocycles. The van der Waals surface area contributed by atoms with Crippen LogP contribution in [0.3, 0.4) is 0 Å². The molecule has 1 rings (SSSR count). The second-order valence-corrected chi connectivity index (χ2v) is 6.48. The molecule has 1 aromatic carbocycles. The number of hydrogen-bond acceptors (Lipinski definition) is 4. The summed E-state index contributed by atoms with van der Waals surface area (Å²) in [5, 5.41) is 3.13. The van der Waals surface area contributed by atoms with Gasteiger partial charge >= 0.3 is 6.18 Å². The van der Waals surface area contributed by atoms with Crippen LogP contribution in [0.1, 0.15) is 26.3 Å². The van der Waals surface area contributed by atoms with Crippen molar-refractivity contribution in [1.82, 2.24) is 15.1 Å². The van der Waals surface area contributed by atoms with Crippen LogP contribution < -0.4 is 14.8 Å². The maximum absolute atomic E-state index is 12.4. The molecule has 31 heavy (non-hydrogen) atoms. The second-order valence-electron chi connectivity index (χ2n) is 6.48. The first-order valence-electron chi connectivity index (χ1n) is 9.78. The minimum absolute atomic E-state index is 0. The Morgan fingerprint density at radius 1 is 1.16 bits per heavy atom. The molecule has 0 saturated carbocycles. The van der Waals surface area contributed by atoms with Gasteiger partial charge in [-0.05, 0) is 38.5 Å². The molecule has 0 bridgehead atoms. The third-order valence-corrected chi connectivity index (χ3v) is 4.22. The topological polar surface area (TPSA) is 66.4 Å². The van der Waals surface area contributed by atoms with Gasteiger partial charge in [-0.25, -0.2) is 4.99 Å². The van der Waals surface area contributed by atoms with E-state index in [0.29, 0.717) is 25.6 Å². The summed E-state index contributed by atoms with van der Waals surface area (Å²) in [6.07, 6.45) is -4.43. The number of amides is 1. The standard InChI is InChI=1S/C20H31F3N4O3.HI/c1-6-24-19(26(4)13-18(28)27(7-2)8-3)25-12-15-9-10-16(17(11-15)29-5)30-14-20(21,22)23;/h9-11H,6-8,12-14H2,1-5H3,(H,24,25);1H. The summed E-state index contributed by atoms with van der Waals surface area (Å²) in [7, 11) is 3.14. The van der Waals surface area contributed by atoms with Crippen LogP contribution in [-0.2, 0) is 11.3 Å². The first-order valence-corrected chi connectivity index (χ1v) is 9.78. The first kappa shape index (κ1) is 29.1. The number of ether oxygens (including phenoxy) is 2. The fraction of sp³-hybridized carbons (Fsp3) is 0.600. The first-order chi connectivity index (χ1) is 14.1. The molecule has 0 aliphatic heterocycles. The fourth-order valence-corrected chi connectivity index (χ4v) is 2.68. The Labute approximate surface area is 199 Å². The van der Waals surface area contributed by atoms with Gasteiger partial charge in [0.1, 0.15) is 0 Å². The van der Waals surface area contributed by atoms with Gasteiger partial charge in [0.05, 0.1) is 20.2 Å². The molecule has 0 unspecified atom stereocenters. The summed E-state index contributed by atoms with van der Waals surface area (Å²) < 4.78 is 47.1. The van der Waals surface area contributed by atoms with E-state index in [1.807, 2.05) is 20.8 Å².